The van der Waals surface area contributed by atoms with Gasteiger partial charge >= 0.3 is 6.03 Å². The van der Waals surface area contributed by atoms with Gasteiger partial charge in [-0.2, -0.15) is 0 Å². The van der Waals surface area contributed by atoms with Crippen molar-refractivity contribution in [2.75, 3.05) is 17.2 Å². The largest absolute Gasteiger partial charge is 0.444 e. The highest BCUT2D eigenvalue weighted by atomic mass is 16.3. The number of aryl methyl sites for hydroxylation is 1. The summed E-state index contributed by atoms with van der Waals surface area (Å²) in [5.74, 6) is 0.372. The molecule has 3 amide bonds. The molecule has 1 heterocycles. The van der Waals surface area contributed by atoms with Crippen LogP contribution in [0.3, 0.4) is 0 Å². The lowest BCUT2D eigenvalue weighted by Crippen LogP contribution is -2.30. The third-order valence-electron chi connectivity index (χ3n) is 4.43. The van der Waals surface area contributed by atoms with Crippen molar-refractivity contribution in [2.24, 2.45) is 5.92 Å². The number of carbonyl (C=O) groups is 2. The van der Waals surface area contributed by atoms with Crippen molar-refractivity contribution < 1.29 is 14.0 Å². The molecule has 0 aliphatic rings. The number of benzene rings is 2. The van der Waals surface area contributed by atoms with Gasteiger partial charge in [-0.05, 0) is 37.3 Å². The van der Waals surface area contributed by atoms with E-state index in [1.54, 1.807) is 30.5 Å². The fraction of sp³-hybridized carbons (Fsp3) is 0.261. The molecule has 0 aliphatic carbocycles. The summed E-state index contributed by atoms with van der Waals surface area (Å²) in [7, 11) is 0. The predicted molar refractivity (Wildman–Crippen MR) is 117 cm³/mol. The Balaban J connectivity index is 1.47. The number of hydrogen-bond donors (Lipinski definition) is 3. The molecule has 7 heteroatoms. The van der Waals surface area contributed by atoms with E-state index in [1.165, 1.54) is 5.56 Å². The Kier molecular flexibility index (Phi) is 6.85. The molecule has 0 saturated carbocycles. The first-order valence-electron chi connectivity index (χ1n) is 9.88. The Labute approximate surface area is 175 Å². The van der Waals surface area contributed by atoms with Gasteiger partial charge in [0, 0.05) is 35.8 Å². The summed E-state index contributed by atoms with van der Waals surface area (Å²) in [6, 6.07) is 14.6. The van der Waals surface area contributed by atoms with Gasteiger partial charge in [-0.1, -0.05) is 37.6 Å². The van der Waals surface area contributed by atoms with Gasteiger partial charge in [0.1, 0.15) is 6.26 Å². The second kappa shape index (κ2) is 9.73. The standard InChI is InChI=1S/C23H26N4O3/c1-15(2)21(28)25-18-5-4-6-19(13-18)27-23(29)24-12-11-20-14-30-22(26-20)17-9-7-16(3)8-10-17/h4-10,13-15H,11-12H2,1-3H3,(H,25,28)(H2,24,27,29). The van der Waals surface area contributed by atoms with Crippen LogP contribution in [0.25, 0.3) is 11.5 Å². The number of urea groups is 1. The first kappa shape index (κ1) is 21.1. The number of nitrogens with zero attached hydrogens (tertiary/aromatic N) is 1. The summed E-state index contributed by atoms with van der Waals surface area (Å²) in [6.45, 7) is 6.09. The molecular formula is C23H26N4O3. The van der Waals surface area contributed by atoms with Crippen LogP contribution in [-0.2, 0) is 11.2 Å². The Morgan fingerprint density at radius 1 is 1.03 bits per heavy atom. The van der Waals surface area contributed by atoms with E-state index in [0.29, 0.717) is 30.2 Å². The van der Waals surface area contributed by atoms with Crippen molar-refractivity contribution in [3.8, 4) is 11.5 Å². The Hall–Kier alpha value is -3.61. The van der Waals surface area contributed by atoms with E-state index in [0.717, 1.165) is 11.3 Å². The number of hydrogen-bond acceptors (Lipinski definition) is 4. The highest BCUT2D eigenvalue weighted by Gasteiger charge is 2.09. The molecule has 0 spiro atoms. The van der Waals surface area contributed by atoms with Crippen LogP contribution in [0.1, 0.15) is 25.1 Å². The van der Waals surface area contributed by atoms with E-state index in [4.69, 9.17) is 4.42 Å². The number of aromatic nitrogens is 1. The van der Waals surface area contributed by atoms with Crippen LogP contribution in [0.4, 0.5) is 16.2 Å². The van der Waals surface area contributed by atoms with Crippen molar-refractivity contribution in [3.63, 3.8) is 0 Å². The van der Waals surface area contributed by atoms with Crippen molar-refractivity contribution in [3.05, 3.63) is 66.1 Å². The molecule has 0 saturated heterocycles. The van der Waals surface area contributed by atoms with Crippen molar-refractivity contribution in [1.29, 1.82) is 0 Å². The fourth-order valence-corrected chi connectivity index (χ4v) is 2.69. The highest BCUT2D eigenvalue weighted by Crippen LogP contribution is 2.19. The van der Waals surface area contributed by atoms with Crippen molar-refractivity contribution in [2.45, 2.75) is 27.2 Å². The minimum absolute atomic E-state index is 0.0748. The van der Waals surface area contributed by atoms with E-state index in [9.17, 15) is 9.59 Å². The smallest absolute Gasteiger partial charge is 0.319 e. The van der Waals surface area contributed by atoms with E-state index in [1.807, 2.05) is 45.0 Å². The molecule has 2 aromatic carbocycles. The van der Waals surface area contributed by atoms with Gasteiger partial charge in [0.05, 0.1) is 5.69 Å². The SMILES string of the molecule is Cc1ccc(-c2nc(CCNC(=O)Nc3cccc(NC(=O)C(C)C)c3)co2)cc1. The van der Waals surface area contributed by atoms with E-state index in [2.05, 4.69) is 20.9 Å². The van der Waals surface area contributed by atoms with Crippen LogP contribution < -0.4 is 16.0 Å². The molecule has 1 aromatic heterocycles. The normalized spacial score (nSPS) is 10.7. The van der Waals surface area contributed by atoms with Crippen molar-refractivity contribution >= 4 is 23.3 Å². The molecule has 0 atom stereocenters. The molecule has 30 heavy (non-hydrogen) atoms. The maximum absolute atomic E-state index is 12.1. The van der Waals surface area contributed by atoms with Gasteiger partial charge in [0.15, 0.2) is 0 Å². The predicted octanol–water partition coefficient (Wildman–Crippen LogP) is 4.61. The summed E-state index contributed by atoms with van der Waals surface area (Å²) in [5, 5.41) is 8.37. The molecule has 156 valence electrons. The summed E-state index contributed by atoms with van der Waals surface area (Å²) in [5.41, 5.74) is 4.09. The van der Waals surface area contributed by atoms with E-state index < -0.39 is 0 Å². The van der Waals surface area contributed by atoms with Gasteiger partial charge in [0.2, 0.25) is 11.8 Å². The zero-order chi connectivity index (χ0) is 21.5. The lowest BCUT2D eigenvalue weighted by atomic mass is 10.1. The monoisotopic (exact) mass is 406 g/mol. The average Bonchev–Trinajstić information content (AvgIpc) is 3.17. The topological polar surface area (TPSA) is 96.3 Å². The Bertz CT molecular complexity index is 1010. The molecule has 0 bridgehead atoms. The van der Waals surface area contributed by atoms with Crippen LogP contribution >= 0.6 is 0 Å². The number of amides is 3. The second-order valence-corrected chi connectivity index (χ2v) is 7.37. The molecule has 7 nitrogen and oxygen atoms in total. The number of nitrogens with one attached hydrogen (secondary N) is 3. The minimum Gasteiger partial charge on any atom is -0.444 e. The number of rotatable bonds is 7. The number of oxazole rings is 1. The lowest BCUT2D eigenvalue weighted by Gasteiger charge is -2.10. The van der Waals surface area contributed by atoms with Gasteiger partial charge < -0.3 is 20.4 Å². The summed E-state index contributed by atoms with van der Waals surface area (Å²) in [6.07, 6.45) is 2.16. The summed E-state index contributed by atoms with van der Waals surface area (Å²) >= 11 is 0. The maximum atomic E-state index is 12.1. The zero-order valence-corrected chi connectivity index (χ0v) is 17.4. The lowest BCUT2D eigenvalue weighted by molar-refractivity contribution is -0.118. The fourth-order valence-electron chi connectivity index (χ4n) is 2.69. The van der Waals surface area contributed by atoms with Crippen LogP contribution in [0, 0.1) is 12.8 Å². The molecule has 3 rings (SSSR count). The van der Waals surface area contributed by atoms with Crippen molar-refractivity contribution in [1.82, 2.24) is 10.3 Å². The third kappa shape index (κ3) is 5.94. The third-order valence-corrected chi connectivity index (χ3v) is 4.43. The van der Waals surface area contributed by atoms with E-state index in [-0.39, 0.29) is 17.9 Å². The maximum Gasteiger partial charge on any atom is 0.319 e. The molecule has 0 radical (unpaired) electrons. The molecule has 3 aromatic rings. The molecular weight excluding hydrogens is 380 g/mol. The van der Waals surface area contributed by atoms with Gasteiger partial charge in [-0.15, -0.1) is 0 Å². The molecule has 0 unspecified atom stereocenters. The van der Waals surface area contributed by atoms with E-state index >= 15 is 0 Å². The van der Waals surface area contributed by atoms with Crippen LogP contribution in [0.2, 0.25) is 0 Å². The van der Waals surface area contributed by atoms with Crippen LogP contribution in [-0.4, -0.2) is 23.5 Å². The number of carbonyl (C=O) groups excluding carboxylic acids is 2. The average molecular weight is 406 g/mol. The van der Waals surface area contributed by atoms with Gasteiger partial charge in [0.25, 0.3) is 0 Å². The summed E-state index contributed by atoms with van der Waals surface area (Å²) < 4.78 is 5.53. The molecule has 0 fully saturated rings. The van der Waals surface area contributed by atoms with Gasteiger partial charge in [-0.3, -0.25) is 4.79 Å². The first-order valence-corrected chi connectivity index (χ1v) is 9.88. The first-order chi connectivity index (χ1) is 14.4. The van der Waals surface area contributed by atoms with Crippen LogP contribution in [0.5, 0.6) is 0 Å². The zero-order valence-electron chi connectivity index (χ0n) is 17.4. The number of anilines is 2. The second-order valence-electron chi connectivity index (χ2n) is 7.37. The van der Waals surface area contributed by atoms with Gasteiger partial charge in [-0.25, -0.2) is 9.78 Å². The molecule has 3 N–H and O–H groups in total. The molecule has 0 aliphatic heterocycles. The Morgan fingerprint density at radius 2 is 1.73 bits per heavy atom. The quantitative estimate of drug-likeness (QED) is 0.534. The highest BCUT2D eigenvalue weighted by molar-refractivity contribution is 5.94. The summed E-state index contributed by atoms with van der Waals surface area (Å²) in [4.78, 5) is 28.4. The Morgan fingerprint density at radius 3 is 2.43 bits per heavy atom. The minimum atomic E-state index is -0.329. The van der Waals surface area contributed by atoms with Crippen LogP contribution in [0.15, 0.2) is 59.2 Å².